The van der Waals surface area contributed by atoms with Crippen molar-refractivity contribution in [1.82, 2.24) is 5.32 Å². The Labute approximate surface area is 111 Å². The van der Waals surface area contributed by atoms with Crippen LogP contribution in [0.3, 0.4) is 0 Å². The normalized spacial score (nSPS) is 25.2. The molecule has 1 aliphatic heterocycles. The third-order valence-electron chi connectivity index (χ3n) is 3.16. The molecule has 0 radical (unpaired) electrons. The molecule has 18 heavy (non-hydrogen) atoms. The molecule has 1 atom stereocenters. The van der Waals surface area contributed by atoms with Crippen molar-refractivity contribution in [3.8, 4) is 0 Å². The lowest BCUT2D eigenvalue weighted by molar-refractivity contribution is -0.137. The molecule has 2 nitrogen and oxygen atoms in total. The standard InChI is InChI=1S/C12H13BrF3NO/c13-10-6-8(12(14,15)16)2-3-9(10)11(18)4-1-5-17-7-11/h2-3,6,17-18H,1,4-5,7H2. The predicted octanol–water partition coefficient (Wildman–Crippen LogP) is 3.04. The Morgan fingerprint density at radius 1 is 1.33 bits per heavy atom. The summed E-state index contributed by atoms with van der Waals surface area (Å²) in [4.78, 5) is 0. The predicted molar refractivity (Wildman–Crippen MR) is 65.1 cm³/mol. The van der Waals surface area contributed by atoms with E-state index in [0.717, 1.165) is 25.1 Å². The van der Waals surface area contributed by atoms with Gasteiger partial charge < -0.3 is 10.4 Å². The maximum absolute atomic E-state index is 12.5. The van der Waals surface area contributed by atoms with Crippen LogP contribution in [-0.2, 0) is 11.8 Å². The van der Waals surface area contributed by atoms with E-state index in [4.69, 9.17) is 0 Å². The van der Waals surface area contributed by atoms with Gasteiger partial charge in [0.25, 0.3) is 0 Å². The lowest BCUT2D eigenvalue weighted by Gasteiger charge is -2.34. The summed E-state index contributed by atoms with van der Waals surface area (Å²) >= 11 is 3.12. The van der Waals surface area contributed by atoms with E-state index in [1.165, 1.54) is 6.07 Å². The number of nitrogens with one attached hydrogen (secondary N) is 1. The Hall–Kier alpha value is -0.590. The number of halogens is 4. The topological polar surface area (TPSA) is 32.3 Å². The SMILES string of the molecule is OC1(c2ccc(C(F)(F)F)cc2Br)CCCNC1. The van der Waals surface area contributed by atoms with Crippen LogP contribution < -0.4 is 5.32 Å². The monoisotopic (exact) mass is 323 g/mol. The lowest BCUT2D eigenvalue weighted by Crippen LogP contribution is -2.43. The highest BCUT2D eigenvalue weighted by Gasteiger charge is 2.35. The Morgan fingerprint density at radius 3 is 2.56 bits per heavy atom. The van der Waals surface area contributed by atoms with E-state index >= 15 is 0 Å². The Morgan fingerprint density at radius 2 is 2.06 bits per heavy atom. The number of rotatable bonds is 1. The van der Waals surface area contributed by atoms with Gasteiger partial charge in [0, 0.05) is 11.0 Å². The minimum absolute atomic E-state index is 0.295. The van der Waals surface area contributed by atoms with Crippen molar-refractivity contribution in [2.24, 2.45) is 0 Å². The highest BCUT2D eigenvalue weighted by atomic mass is 79.9. The highest BCUT2D eigenvalue weighted by molar-refractivity contribution is 9.10. The quantitative estimate of drug-likeness (QED) is 0.832. The van der Waals surface area contributed by atoms with Crippen molar-refractivity contribution in [2.75, 3.05) is 13.1 Å². The average molecular weight is 324 g/mol. The van der Waals surface area contributed by atoms with Crippen LogP contribution in [0.5, 0.6) is 0 Å². The molecule has 0 aliphatic carbocycles. The molecule has 2 N–H and O–H groups in total. The van der Waals surface area contributed by atoms with E-state index < -0.39 is 17.3 Å². The molecule has 6 heteroatoms. The van der Waals surface area contributed by atoms with Crippen LogP contribution in [0.1, 0.15) is 24.0 Å². The van der Waals surface area contributed by atoms with E-state index in [-0.39, 0.29) is 0 Å². The van der Waals surface area contributed by atoms with Gasteiger partial charge in [-0.2, -0.15) is 13.2 Å². The third kappa shape index (κ3) is 2.70. The molecule has 1 aromatic rings. The van der Waals surface area contributed by atoms with E-state index in [0.29, 0.717) is 23.0 Å². The molecule has 0 aromatic heterocycles. The van der Waals surface area contributed by atoms with E-state index in [1.54, 1.807) is 0 Å². The van der Waals surface area contributed by atoms with Gasteiger partial charge in [0.1, 0.15) is 5.60 Å². The summed E-state index contributed by atoms with van der Waals surface area (Å²) in [6.45, 7) is 1.18. The van der Waals surface area contributed by atoms with Gasteiger partial charge in [-0.1, -0.05) is 22.0 Å². The maximum Gasteiger partial charge on any atom is 0.416 e. The van der Waals surface area contributed by atoms with Gasteiger partial charge in [-0.15, -0.1) is 0 Å². The van der Waals surface area contributed by atoms with Crippen molar-refractivity contribution in [1.29, 1.82) is 0 Å². The highest BCUT2D eigenvalue weighted by Crippen LogP contribution is 2.37. The van der Waals surface area contributed by atoms with Crippen LogP contribution in [0.4, 0.5) is 13.2 Å². The summed E-state index contributed by atoms with van der Waals surface area (Å²) < 4.78 is 37.9. The van der Waals surface area contributed by atoms with Crippen molar-refractivity contribution in [3.05, 3.63) is 33.8 Å². The molecule has 1 fully saturated rings. The van der Waals surface area contributed by atoms with Crippen molar-refractivity contribution in [3.63, 3.8) is 0 Å². The summed E-state index contributed by atoms with van der Waals surface area (Å²) in [7, 11) is 0. The summed E-state index contributed by atoms with van der Waals surface area (Å²) in [5.74, 6) is 0. The summed E-state index contributed by atoms with van der Waals surface area (Å²) in [5.41, 5.74) is -1.31. The zero-order chi connectivity index (χ0) is 13.4. The van der Waals surface area contributed by atoms with Crippen LogP contribution in [-0.4, -0.2) is 18.2 Å². The molecule has 0 saturated carbocycles. The molecule has 0 bridgehead atoms. The molecule has 0 spiro atoms. The minimum Gasteiger partial charge on any atom is -0.384 e. The molecule has 1 aromatic carbocycles. The summed E-state index contributed by atoms with van der Waals surface area (Å²) in [6.07, 6.45) is -3.03. The maximum atomic E-state index is 12.5. The number of aliphatic hydroxyl groups is 1. The second-order valence-electron chi connectivity index (χ2n) is 4.50. The Balaban J connectivity index is 2.35. The average Bonchev–Trinajstić information content (AvgIpc) is 2.28. The van der Waals surface area contributed by atoms with Gasteiger partial charge >= 0.3 is 6.18 Å². The van der Waals surface area contributed by atoms with Crippen LogP contribution in [0.15, 0.2) is 22.7 Å². The molecule has 1 heterocycles. The van der Waals surface area contributed by atoms with E-state index in [2.05, 4.69) is 21.2 Å². The number of hydrogen-bond acceptors (Lipinski definition) is 2. The number of β-amino-alcohol motifs (C(OH)–C–C–N with tert-alkyl or cyclic N) is 1. The van der Waals surface area contributed by atoms with E-state index in [9.17, 15) is 18.3 Å². The fourth-order valence-corrected chi connectivity index (χ4v) is 2.94. The van der Waals surface area contributed by atoms with Gasteiger partial charge in [-0.3, -0.25) is 0 Å². The van der Waals surface area contributed by atoms with Crippen molar-refractivity contribution >= 4 is 15.9 Å². The number of alkyl halides is 3. The number of benzene rings is 1. The van der Waals surface area contributed by atoms with Gasteiger partial charge in [-0.25, -0.2) is 0 Å². The molecule has 2 rings (SSSR count). The molecule has 1 saturated heterocycles. The van der Waals surface area contributed by atoms with Crippen LogP contribution >= 0.6 is 15.9 Å². The van der Waals surface area contributed by atoms with Gasteiger partial charge in [0.2, 0.25) is 0 Å². The molecular formula is C12H13BrF3NO. The van der Waals surface area contributed by atoms with Crippen LogP contribution in [0, 0.1) is 0 Å². The lowest BCUT2D eigenvalue weighted by atomic mass is 9.86. The molecule has 1 unspecified atom stereocenters. The molecule has 0 amide bonds. The minimum atomic E-state index is -4.37. The first kappa shape index (κ1) is 13.8. The summed E-state index contributed by atoms with van der Waals surface area (Å²) in [6, 6.07) is 3.37. The summed E-state index contributed by atoms with van der Waals surface area (Å²) in [5, 5.41) is 13.5. The first-order chi connectivity index (χ1) is 8.33. The number of piperidine rings is 1. The van der Waals surface area contributed by atoms with Crippen LogP contribution in [0.25, 0.3) is 0 Å². The number of hydrogen-bond donors (Lipinski definition) is 2. The van der Waals surface area contributed by atoms with E-state index in [1.807, 2.05) is 0 Å². The molecule has 1 aliphatic rings. The first-order valence-electron chi connectivity index (χ1n) is 5.63. The van der Waals surface area contributed by atoms with Crippen molar-refractivity contribution < 1.29 is 18.3 Å². The second-order valence-corrected chi connectivity index (χ2v) is 5.36. The van der Waals surface area contributed by atoms with Crippen LogP contribution in [0.2, 0.25) is 0 Å². The van der Waals surface area contributed by atoms with Gasteiger partial charge in [0.15, 0.2) is 0 Å². The van der Waals surface area contributed by atoms with Gasteiger partial charge in [0.05, 0.1) is 5.56 Å². The van der Waals surface area contributed by atoms with Gasteiger partial charge in [-0.05, 0) is 37.1 Å². The fraction of sp³-hybridized carbons (Fsp3) is 0.500. The smallest absolute Gasteiger partial charge is 0.384 e. The Kier molecular flexibility index (Phi) is 3.71. The first-order valence-corrected chi connectivity index (χ1v) is 6.42. The largest absolute Gasteiger partial charge is 0.416 e. The third-order valence-corrected chi connectivity index (χ3v) is 3.82. The zero-order valence-corrected chi connectivity index (χ0v) is 11.1. The molecule has 100 valence electrons. The molecular weight excluding hydrogens is 311 g/mol. The Bertz CT molecular complexity index is 441. The zero-order valence-electron chi connectivity index (χ0n) is 9.52. The van der Waals surface area contributed by atoms with Crippen molar-refractivity contribution in [2.45, 2.75) is 24.6 Å². The second kappa shape index (κ2) is 4.83. The fourth-order valence-electron chi connectivity index (χ4n) is 2.19.